The van der Waals surface area contributed by atoms with Crippen LogP contribution in [0.4, 0.5) is 5.69 Å². The number of halogens is 1. The molecular formula is C16H17ClN2O3. The second-order valence-corrected chi connectivity index (χ2v) is 5.15. The largest absolute Gasteiger partial charge is 0.488 e. The molecule has 0 unspecified atom stereocenters. The van der Waals surface area contributed by atoms with Gasteiger partial charge in [-0.2, -0.15) is 0 Å². The van der Waals surface area contributed by atoms with Crippen molar-refractivity contribution in [3.63, 3.8) is 0 Å². The van der Waals surface area contributed by atoms with Gasteiger partial charge in [0.15, 0.2) is 5.75 Å². The smallest absolute Gasteiger partial charge is 0.293 e. The number of pyridine rings is 1. The minimum atomic E-state index is -0.322. The van der Waals surface area contributed by atoms with Crippen LogP contribution in [0.15, 0.2) is 47.4 Å². The van der Waals surface area contributed by atoms with Crippen LogP contribution in [-0.2, 0) is 11.3 Å². The number of carbonyl (C=O) groups excluding carboxylic acids is 1. The lowest BCUT2D eigenvalue weighted by Gasteiger charge is -2.09. The Balaban J connectivity index is 2.07. The minimum absolute atomic E-state index is 0.0886. The fourth-order valence-corrected chi connectivity index (χ4v) is 2.07. The van der Waals surface area contributed by atoms with E-state index in [1.165, 1.54) is 4.57 Å². The molecular weight excluding hydrogens is 304 g/mol. The van der Waals surface area contributed by atoms with Crippen molar-refractivity contribution in [2.24, 2.45) is 0 Å². The normalized spacial score (nSPS) is 10.3. The van der Waals surface area contributed by atoms with Gasteiger partial charge in [-0.25, -0.2) is 0 Å². The third kappa shape index (κ3) is 4.36. The highest BCUT2D eigenvalue weighted by molar-refractivity contribution is 6.30. The molecule has 1 heterocycles. The van der Waals surface area contributed by atoms with Gasteiger partial charge in [-0.1, -0.05) is 24.6 Å². The van der Waals surface area contributed by atoms with E-state index in [0.717, 1.165) is 6.42 Å². The molecule has 0 saturated heterocycles. The van der Waals surface area contributed by atoms with Crippen LogP contribution in [0.5, 0.6) is 5.75 Å². The van der Waals surface area contributed by atoms with Crippen molar-refractivity contribution in [1.29, 1.82) is 0 Å². The number of ether oxygens (including phenoxy) is 1. The third-order valence-corrected chi connectivity index (χ3v) is 3.10. The van der Waals surface area contributed by atoms with Gasteiger partial charge in [0.1, 0.15) is 6.54 Å². The number of carbonyl (C=O) groups is 1. The summed E-state index contributed by atoms with van der Waals surface area (Å²) >= 11 is 5.86. The zero-order valence-electron chi connectivity index (χ0n) is 12.2. The van der Waals surface area contributed by atoms with Gasteiger partial charge < -0.3 is 14.6 Å². The van der Waals surface area contributed by atoms with Gasteiger partial charge in [0.25, 0.3) is 5.56 Å². The molecule has 6 heteroatoms. The van der Waals surface area contributed by atoms with Gasteiger partial charge >= 0.3 is 0 Å². The summed E-state index contributed by atoms with van der Waals surface area (Å²) in [4.78, 5) is 24.2. The summed E-state index contributed by atoms with van der Waals surface area (Å²) in [6.45, 7) is 2.34. The monoisotopic (exact) mass is 320 g/mol. The number of hydrogen-bond donors (Lipinski definition) is 1. The third-order valence-electron chi connectivity index (χ3n) is 2.87. The molecule has 0 aliphatic rings. The van der Waals surface area contributed by atoms with Crippen LogP contribution < -0.4 is 15.6 Å². The number of benzene rings is 1. The number of amides is 1. The lowest BCUT2D eigenvalue weighted by atomic mass is 10.3. The van der Waals surface area contributed by atoms with Crippen LogP contribution in [0.3, 0.4) is 0 Å². The molecule has 1 aromatic heterocycles. The molecule has 0 aliphatic carbocycles. The van der Waals surface area contributed by atoms with E-state index in [-0.39, 0.29) is 23.8 Å². The van der Waals surface area contributed by atoms with Crippen LogP contribution >= 0.6 is 11.6 Å². The molecule has 5 nitrogen and oxygen atoms in total. The van der Waals surface area contributed by atoms with E-state index in [9.17, 15) is 9.59 Å². The molecule has 0 bridgehead atoms. The molecule has 1 aromatic carbocycles. The van der Waals surface area contributed by atoms with Gasteiger partial charge in [0.05, 0.1) is 6.61 Å². The van der Waals surface area contributed by atoms with Crippen LogP contribution in [0.2, 0.25) is 5.02 Å². The maximum Gasteiger partial charge on any atom is 0.293 e. The van der Waals surface area contributed by atoms with Gasteiger partial charge in [0, 0.05) is 16.9 Å². The zero-order chi connectivity index (χ0) is 15.9. The predicted octanol–water partition coefficient (Wildman–Crippen LogP) is 2.93. The summed E-state index contributed by atoms with van der Waals surface area (Å²) in [5, 5.41) is 3.23. The Bertz CT molecular complexity index is 713. The SMILES string of the molecule is CCCOc1cccn(CC(=O)Nc2cccc(Cl)c2)c1=O. The Labute approximate surface area is 133 Å². The highest BCUT2D eigenvalue weighted by atomic mass is 35.5. The Morgan fingerprint density at radius 3 is 2.86 bits per heavy atom. The van der Waals surface area contributed by atoms with Gasteiger partial charge in [-0.05, 0) is 36.8 Å². The first-order valence-electron chi connectivity index (χ1n) is 6.98. The van der Waals surface area contributed by atoms with E-state index in [2.05, 4.69) is 5.32 Å². The Morgan fingerprint density at radius 1 is 1.32 bits per heavy atom. The van der Waals surface area contributed by atoms with Crippen molar-refractivity contribution in [3.8, 4) is 5.75 Å². The second kappa shape index (κ2) is 7.66. The topological polar surface area (TPSA) is 60.3 Å². The molecule has 0 radical (unpaired) electrons. The lowest BCUT2D eigenvalue weighted by Crippen LogP contribution is -2.28. The summed E-state index contributed by atoms with van der Waals surface area (Å²) in [6, 6.07) is 10.1. The van der Waals surface area contributed by atoms with Crippen LogP contribution in [-0.4, -0.2) is 17.1 Å². The second-order valence-electron chi connectivity index (χ2n) is 4.71. The van der Waals surface area contributed by atoms with E-state index in [0.29, 0.717) is 17.3 Å². The molecule has 0 fully saturated rings. The molecule has 116 valence electrons. The first-order valence-corrected chi connectivity index (χ1v) is 7.35. The number of anilines is 1. The average Bonchev–Trinajstić information content (AvgIpc) is 2.48. The van der Waals surface area contributed by atoms with Crippen molar-refractivity contribution in [1.82, 2.24) is 4.57 Å². The molecule has 2 rings (SSSR count). The van der Waals surface area contributed by atoms with E-state index in [1.54, 1.807) is 42.6 Å². The Morgan fingerprint density at radius 2 is 2.14 bits per heavy atom. The minimum Gasteiger partial charge on any atom is -0.488 e. The molecule has 1 N–H and O–H groups in total. The summed E-state index contributed by atoms with van der Waals surface area (Å²) in [5.41, 5.74) is 0.265. The maximum atomic E-state index is 12.2. The lowest BCUT2D eigenvalue weighted by molar-refractivity contribution is -0.116. The molecule has 0 aliphatic heterocycles. The molecule has 2 aromatic rings. The summed E-state index contributed by atoms with van der Waals surface area (Å²) < 4.78 is 6.67. The van der Waals surface area contributed by atoms with Gasteiger partial charge in [-0.3, -0.25) is 9.59 Å². The van der Waals surface area contributed by atoms with Crippen LogP contribution in [0.1, 0.15) is 13.3 Å². The van der Waals surface area contributed by atoms with Crippen molar-refractivity contribution in [2.75, 3.05) is 11.9 Å². The quantitative estimate of drug-likeness (QED) is 0.890. The van der Waals surface area contributed by atoms with E-state index >= 15 is 0 Å². The predicted molar refractivity (Wildman–Crippen MR) is 86.6 cm³/mol. The molecule has 22 heavy (non-hydrogen) atoms. The van der Waals surface area contributed by atoms with Gasteiger partial charge in [0.2, 0.25) is 5.91 Å². The molecule has 0 spiro atoms. The van der Waals surface area contributed by atoms with Crippen molar-refractivity contribution < 1.29 is 9.53 Å². The van der Waals surface area contributed by atoms with Crippen LogP contribution in [0.25, 0.3) is 0 Å². The van der Waals surface area contributed by atoms with Crippen molar-refractivity contribution >= 4 is 23.2 Å². The highest BCUT2D eigenvalue weighted by Crippen LogP contribution is 2.14. The molecule has 0 atom stereocenters. The zero-order valence-corrected chi connectivity index (χ0v) is 13.0. The van der Waals surface area contributed by atoms with Gasteiger partial charge in [-0.15, -0.1) is 0 Å². The van der Waals surface area contributed by atoms with E-state index < -0.39 is 0 Å². The fourth-order valence-electron chi connectivity index (χ4n) is 1.88. The first kappa shape index (κ1) is 16.1. The molecule has 1 amide bonds. The number of rotatable bonds is 6. The number of nitrogens with one attached hydrogen (secondary N) is 1. The number of aromatic nitrogens is 1. The van der Waals surface area contributed by atoms with Crippen LogP contribution in [0, 0.1) is 0 Å². The number of hydrogen-bond acceptors (Lipinski definition) is 3. The summed E-state index contributed by atoms with van der Waals surface area (Å²) in [6.07, 6.45) is 2.36. The summed E-state index contributed by atoms with van der Waals surface area (Å²) in [5.74, 6) is -0.0584. The summed E-state index contributed by atoms with van der Waals surface area (Å²) in [7, 11) is 0. The van der Waals surface area contributed by atoms with E-state index in [1.807, 2.05) is 6.92 Å². The Hall–Kier alpha value is -2.27. The fraction of sp³-hybridized carbons (Fsp3) is 0.250. The maximum absolute atomic E-state index is 12.2. The first-order chi connectivity index (χ1) is 10.6. The number of nitrogens with zero attached hydrogens (tertiary/aromatic N) is 1. The van der Waals surface area contributed by atoms with E-state index in [4.69, 9.17) is 16.3 Å². The highest BCUT2D eigenvalue weighted by Gasteiger charge is 2.08. The average molecular weight is 321 g/mol. The van der Waals surface area contributed by atoms with Crippen molar-refractivity contribution in [3.05, 3.63) is 58.0 Å². The Kier molecular flexibility index (Phi) is 5.61. The standard InChI is InChI=1S/C16H17ClN2O3/c1-2-9-22-14-7-4-8-19(16(14)21)11-15(20)18-13-6-3-5-12(17)10-13/h3-8,10H,2,9,11H2,1H3,(H,18,20). The van der Waals surface area contributed by atoms with Crippen molar-refractivity contribution in [2.45, 2.75) is 19.9 Å². The molecule has 0 saturated carbocycles.